The first-order chi connectivity index (χ1) is 12.0. The molecule has 3 rings (SSSR count). The number of hydrogen-bond donors (Lipinski definition) is 2. The maximum Gasteiger partial charge on any atom is 0.269 e. The van der Waals surface area contributed by atoms with Gasteiger partial charge in [0.25, 0.3) is 11.8 Å². The Balaban J connectivity index is 1.62. The Morgan fingerprint density at radius 3 is 2.12 bits per heavy atom. The molecule has 0 fully saturated rings. The van der Waals surface area contributed by atoms with E-state index in [0.717, 1.165) is 18.2 Å². The van der Waals surface area contributed by atoms with E-state index in [1.165, 1.54) is 23.1 Å². The number of hydrazine groups is 1. The summed E-state index contributed by atoms with van der Waals surface area (Å²) in [5.74, 6) is -3.59. The minimum Gasteiger partial charge on any atom is -0.267 e. The summed E-state index contributed by atoms with van der Waals surface area (Å²) < 4.78 is 27.4. The number of tetrazole rings is 1. The van der Waals surface area contributed by atoms with Gasteiger partial charge >= 0.3 is 0 Å². The average molecular weight is 344 g/mol. The molecule has 0 aliphatic rings. The molecule has 0 aliphatic heterocycles. The molecule has 0 saturated heterocycles. The molecule has 2 aromatic carbocycles. The zero-order chi connectivity index (χ0) is 17.8. The van der Waals surface area contributed by atoms with Crippen molar-refractivity contribution in [1.82, 2.24) is 31.1 Å². The number of benzene rings is 2. The number of amides is 2. The Morgan fingerprint density at radius 2 is 1.52 bits per heavy atom. The zero-order valence-corrected chi connectivity index (χ0v) is 12.5. The molecule has 126 valence electrons. The van der Waals surface area contributed by atoms with Crippen LogP contribution in [0.15, 0.2) is 48.8 Å². The van der Waals surface area contributed by atoms with Gasteiger partial charge in [-0.2, -0.15) is 0 Å². The molecular weight excluding hydrogens is 334 g/mol. The minimum absolute atomic E-state index is 0.131. The molecule has 25 heavy (non-hydrogen) atoms. The summed E-state index contributed by atoms with van der Waals surface area (Å²) in [4.78, 5) is 23.8. The quantitative estimate of drug-likeness (QED) is 0.691. The van der Waals surface area contributed by atoms with E-state index in [4.69, 9.17) is 0 Å². The van der Waals surface area contributed by atoms with Gasteiger partial charge in [0.2, 0.25) is 0 Å². The van der Waals surface area contributed by atoms with Crippen molar-refractivity contribution in [2.45, 2.75) is 0 Å². The molecule has 1 aromatic heterocycles. The molecule has 8 nitrogen and oxygen atoms in total. The molecule has 10 heteroatoms. The van der Waals surface area contributed by atoms with Crippen LogP contribution in [0.4, 0.5) is 8.78 Å². The number of rotatable bonds is 3. The molecule has 0 atom stereocenters. The van der Waals surface area contributed by atoms with Crippen molar-refractivity contribution < 1.29 is 18.4 Å². The van der Waals surface area contributed by atoms with Gasteiger partial charge in [-0.3, -0.25) is 20.4 Å². The summed E-state index contributed by atoms with van der Waals surface area (Å²) in [6, 6.07) is 8.90. The van der Waals surface area contributed by atoms with E-state index >= 15 is 0 Å². The molecule has 2 N–H and O–H groups in total. The van der Waals surface area contributed by atoms with Gasteiger partial charge in [0, 0.05) is 11.1 Å². The second-order valence-electron chi connectivity index (χ2n) is 4.84. The van der Waals surface area contributed by atoms with Crippen LogP contribution in [0.2, 0.25) is 0 Å². The smallest absolute Gasteiger partial charge is 0.267 e. The lowest BCUT2D eigenvalue weighted by Crippen LogP contribution is -2.41. The number of carbonyl (C=O) groups is 2. The van der Waals surface area contributed by atoms with Gasteiger partial charge in [-0.05, 0) is 52.9 Å². The Morgan fingerprint density at radius 1 is 0.880 bits per heavy atom. The van der Waals surface area contributed by atoms with Crippen LogP contribution in [0.3, 0.4) is 0 Å². The van der Waals surface area contributed by atoms with Gasteiger partial charge in [0.05, 0.1) is 5.69 Å². The Bertz CT molecular complexity index is 912. The first-order valence-corrected chi connectivity index (χ1v) is 6.94. The van der Waals surface area contributed by atoms with Gasteiger partial charge < -0.3 is 0 Å². The SMILES string of the molecule is O=C(NNC(=O)c1ccc(F)c(F)c1)c1ccc(-n2cnnn2)cc1. The Hall–Kier alpha value is -3.69. The normalized spacial score (nSPS) is 10.3. The van der Waals surface area contributed by atoms with E-state index in [0.29, 0.717) is 5.69 Å². The van der Waals surface area contributed by atoms with E-state index in [-0.39, 0.29) is 11.1 Å². The predicted octanol–water partition coefficient (Wildman–Crippen LogP) is 1.02. The van der Waals surface area contributed by atoms with E-state index in [1.807, 2.05) is 0 Å². The van der Waals surface area contributed by atoms with Crippen molar-refractivity contribution in [2.24, 2.45) is 0 Å². The lowest BCUT2D eigenvalue weighted by atomic mass is 10.2. The largest absolute Gasteiger partial charge is 0.269 e. The van der Waals surface area contributed by atoms with E-state index in [2.05, 4.69) is 26.4 Å². The van der Waals surface area contributed by atoms with Crippen molar-refractivity contribution in [3.63, 3.8) is 0 Å². The van der Waals surface area contributed by atoms with E-state index in [1.54, 1.807) is 12.1 Å². The third-order valence-corrected chi connectivity index (χ3v) is 3.21. The molecule has 1 heterocycles. The van der Waals surface area contributed by atoms with Crippen molar-refractivity contribution in [3.8, 4) is 5.69 Å². The number of hydrogen-bond acceptors (Lipinski definition) is 5. The van der Waals surface area contributed by atoms with E-state index < -0.39 is 23.4 Å². The molecule has 0 radical (unpaired) electrons. The summed E-state index contributed by atoms with van der Waals surface area (Å²) >= 11 is 0. The standard InChI is InChI=1S/C15H10F2N6O2/c16-12-6-3-10(7-13(12)17)15(25)20-19-14(24)9-1-4-11(5-2-9)23-8-18-21-22-23/h1-8H,(H,19,24)(H,20,25). The first kappa shape index (κ1) is 16.2. The van der Waals surface area contributed by atoms with Crippen molar-refractivity contribution in [3.05, 3.63) is 71.6 Å². The monoisotopic (exact) mass is 344 g/mol. The lowest BCUT2D eigenvalue weighted by Gasteiger charge is -2.08. The third kappa shape index (κ3) is 3.63. The van der Waals surface area contributed by atoms with Crippen LogP contribution in [-0.2, 0) is 0 Å². The zero-order valence-electron chi connectivity index (χ0n) is 12.5. The fourth-order valence-corrected chi connectivity index (χ4v) is 1.94. The lowest BCUT2D eigenvalue weighted by molar-refractivity contribution is 0.0846. The average Bonchev–Trinajstić information content (AvgIpc) is 3.16. The fourth-order valence-electron chi connectivity index (χ4n) is 1.94. The van der Waals surface area contributed by atoms with Gasteiger partial charge in [-0.15, -0.1) is 5.10 Å². The molecule has 0 aliphatic carbocycles. The first-order valence-electron chi connectivity index (χ1n) is 6.94. The maximum atomic E-state index is 13.1. The van der Waals surface area contributed by atoms with Crippen LogP contribution in [0.1, 0.15) is 20.7 Å². The molecular formula is C15H10F2N6O2. The number of nitrogens with zero attached hydrogens (tertiary/aromatic N) is 4. The highest BCUT2D eigenvalue weighted by Gasteiger charge is 2.12. The summed E-state index contributed by atoms with van der Waals surface area (Å²) in [5.41, 5.74) is 5.09. The molecule has 0 spiro atoms. The number of carbonyl (C=O) groups excluding carboxylic acids is 2. The molecule has 3 aromatic rings. The van der Waals surface area contributed by atoms with Crippen LogP contribution >= 0.6 is 0 Å². The van der Waals surface area contributed by atoms with Gasteiger partial charge in [0.15, 0.2) is 11.6 Å². The highest BCUT2D eigenvalue weighted by atomic mass is 19.2. The topological polar surface area (TPSA) is 102 Å². The van der Waals surface area contributed by atoms with Gasteiger partial charge in [-0.1, -0.05) is 0 Å². The van der Waals surface area contributed by atoms with Gasteiger partial charge in [0.1, 0.15) is 6.33 Å². The molecule has 0 saturated carbocycles. The molecule has 0 bridgehead atoms. The summed E-state index contributed by atoms with van der Waals surface area (Å²) in [7, 11) is 0. The van der Waals surface area contributed by atoms with Crippen LogP contribution in [-0.4, -0.2) is 32.0 Å². The number of nitrogens with one attached hydrogen (secondary N) is 2. The number of halogens is 2. The van der Waals surface area contributed by atoms with Crippen molar-refractivity contribution in [2.75, 3.05) is 0 Å². The van der Waals surface area contributed by atoms with Crippen LogP contribution in [0.25, 0.3) is 5.69 Å². The Kier molecular flexibility index (Phi) is 4.42. The minimum atomic E-state index is -1.16. The Labute approximate surface area is 139 Å². The van der Waals surface area contributed by atoms with Crippen molar-refractivity contribution >= 4 is 11.8 Å². The summed E-state index contributed by atoms with van der Waals surface area (Å²) in [6.07, 6.45) is 1.40. The second kappa shape index (κ2) is 6.83. The highest BCUT2D eigenvalue weighted by molar-refractivity contribution is 5.99. The number of aromatic nitrogens is 4. The third-order valence-electron chi connectivity index (χ3n) is 3.21. The van der Waals surface area contributed by atoms with Gasteiger partial charge in [-0.25, -0.2) is 13.5 Å². The molecule has 0 unspecified atom stereocenters. The fraction of sp³-hybridized carbons (Fsp3) is 0. The second-order valence-corrected chi connectivity index (χ2v) is 4.84. The summed E-state index contributed by atoms with van der Waals surface area (Å²) in [5, 5.41) is 10.7. The predicted molar refractivity (Wildman–Crippen MR) is 80.4 cm³/mol. The van der Waals surface area contributed by atoms with E-state index in [9.17, 15) is 18.4 Å². The summed E-state index contributed by atoms with van der Waals surface area (Å²) in [6.45, 7) is 0. The van der Waals surface area contributed by atoms with Crippen LogP contribution in [0, 0.1) is 11.6 Å². The van der Waals surface area contributed by atoms with Crippen LogP contribution < -0.4 is 10.9 Å². The maximum absolute atomic E-state index is 13.1. The van der Waals surface area contributed by atoms with Crippen molar-refractivity contribution in [1.29, 1.82) is 0 Å². The molecule has 2 amide bonds. The highest BCUT2D eigenvalue weighted by Crippen LogP contribution is 2.09. The van der Waals surface area contributed by atoms with Crippen LogP contribution in [0.5, 0.6) is 0 Å².